The molecule has 0 aromatic heterocycles. The third kappa shape index (κ3) is 4.19. The summed E-state index contributed by atoms with van der Waals surface area (Å²) in [6.45, 7) is 2.17. The smallest absolute Gasteiger partial charge is 0.400 e. The highest BCUT2D eigenvalue weighted by molar-refractivity contribution is 5.21. The molecule has 0 aliphatic heterocycles. The van der Waals surface area contributed by atoms with Crippen LogP contribution in [0, 0.1) is 11.8 Å². The second kappa shape index (κ2) is 7.05. The van der Waals surface area contributed by atoms with Crippen LogP contribution in [0.1, 0.15) is 51.9 Å². The summed E-state index contributed by atoms with van der Waals surface area (Å²) in [4.78, 5) is 0. The Kier molecular flexibility index (Phi) is 5.38. The van der Waals surface area contributed by atoms with Crippen LogP contribution in [0.4, 0.5) is 8.78 Å². The molecule has 1 aromatic rings. The van der Waals surface area contributed by atoms with E-state index in [2.05, 4.69) is 6.92 Å². The summed E-state index contributed by atoms with van der Waals surface area (Å²) in [5.74, 6) is 0.255. The molecule has 1 saturated carbocycles. The number of benzene rings is 1. The number of para-hydroxylation sites is 1. The molecule has 0 bridgehead atoms. The lowest BCUT2D eigenvalue weighted by molar-refractivity contribution is -0.223. The second-order valence-electron chi connectivity index (χ2n) is 5.84. The molecule has 0 unspecified atom stereocenters. The van der Waals surface area contributed by atoms with Crippen molar-refractivity contribution in [2.45, 2.75) is 58.0 Å². The lowest BCUT2D eigenvalue weighted by Crippen LogP contribution is -2.37. The predicted molar refractivity (Wildman–Crippen MR) is 77.0 cm³/mol. The molecule has 3 heteroatoms. The van der Waals surface area contributed by atoms with Gasteiger partial charge in [-0.1, -0.05) is 44.4 Å². The third-order valence-corrected chi connectivity index (χ3v) is 4.29. The van der Waals surface area contributed by atoms with E-state index in [9.17, 15) is 8.78 Å². The van der Waals surface area contributed by atoms with Crippen LogP contribution in [-0.2, 0) is 0 Å². The molecule has 0 spiro atoms. The van der Waals surface area contributed by atoms with Crippen molar-refractivity contribution in [2.24, 2.45) is 11.8 Å². The molecule has 0 saturated heterocycles. The van der Waals surface area contributed by atoms with Crippen LogP contribution >= 0.6 is 0 Å². The van der Waals surface area contributed by atoms with E-state index in [1.165, 1.54) is 19.3 Å². The molecule has 0 N–H and O–H groups in total. The monoisotopic (exact) mass is 282 g/mol. The van der Waals surface area contributed by atoms with Crippen LogP contribution in [-0.4, -0.2) is 6.11 Å². The molecular formula is C17H24F2O. The second-order valence-corrected chi connectivity index (χ2v) is 5.84. The lowest BCUT2D eigenvalue weighted by atomic mass is 9.79. The lowest BCUT2D eigenvalue weighted by Gasteiger charge is -2.33. The number of unbranched alkanes of at least 4 members (excludes halogenated alkanes) is 1. The molecule has 0 radical (unpaired) electrons. The zero-order chi connectivity index (χ0) is 14.4. The van der Waals surface area contributed by atoms with Gasteiger partial charge in [-0.2, -0.15) is 8.78 Å². The summed E-state index contributed by atoms with van der Waals surface area (Å²) in [6, 6.07) is 8.39. The van der Waals surface area contributed by atoms with Gasteiger partial charge in [0.2, 0.25) is 0 Å². The van der Waals surface area contributed by atoms with Crippen molar-refractivity contribution in [3.8, 4) is 5.75 Å². The van der Waals surface area contributed by atoms with Crippen LogP contribution in [0.25, 0.3) is 0 Å². The van der Waals surface area contributed by atoms with Crippen molar-refractivity contribution in [1.82, 2.24) is 0 Å². The van der Waals surface area contributed by atoms with Gasteiger partial charge in [0.05, 0.1) is 5.92 Å². The van der Waals surface area contributed by atoms with Gasteiger partial charge in [-0.25, -0.2) is 0 Å². The predicted octanol–water partition coefficient (Wildman–Crippen LogP) is 5.65. The maximum atomic E-state index is 14.2. The minimum atomic E-state index is -3.04. The number of rotatable bonds is 6. The largest absolute Gasteiger partial charge is 0.432 e. The molecule has 2 rings (SSSR count). The van der Waals surface area contributed by atoms with Crippen molar-refractivity contribution in [1.29, 1.82) is 0 Å². The maximum Gasteiger partial charge on any atom is 0.400 e. The molecule has 1 aromatic carbocycles. The molecule has 112 valence electrons. The van der Waals surface area contributed by atoms with Crippen molar-refractivity contribution < 1.29 is 13.5 Å². The fourth-order valence-corrected chi connectivity index (χ4v) is 3.01. The van der Waals surface area contributed by atoms with Gasteiger partial charge in [0, 0.05) is 0 Å². The Morgan fingerprint density at radius 3 is 2.35 bits per heavy atom. The molecule has 0 atom stereocenters. The summed E-state index contributed by atoms with van der Waals surface area (Å²) in [7, 11) is 0. The normalized spacial score (nSPS) is 23.6. The van der Waals surface area contributed by atoms with E-state index < -0.39 is 12.0 Å². The highest BCUT2D eigenvalue weighted by Gasteiger charge is 2.43. The van der Waals surface area contributed by atoms with Crippen molar-refractivity contribution in [2.75, 3.05) is 0 Å². The minimum absolute atomic E-state index is 0.255. The summed E-state index contributed by atoms with van der Waals surface area (Å²) in [6.07, 6.45) is 3.53. The number of halogens is 2. The standard InChI is InChI=1S/C17H24F2O/c1-2-3-7-14-10-12-15(13-11-14)17(18,19)20-16-8-5-4-6-9-16/h4-6,8-9,14-15H,2-3,7,10-13H2,1H3. The zero-order valence-corrected chi connectivity index (χ0v) is 12.2. The highest BCUT2D eigenvalue weighted by Crippen LogP contribution is 2.41. The quantitative estimate of drug-likeness (QED) is 0.654. The molecule has 0 heterocycles. The molecule has 1 fully saturated rings. The Balaban J connectivity index is 1.85. The number of hydrogen-bond acceptors (Lipinski definition) is 1. The van der Waals surface area contributed by atoms with Crippen LogP contribution in [0.5, 0.6) is 5.75 Å². The van der Waals surface area contributed by atoms with Gasteiger partial charge in [-0.3, -0.25) is 0 Å². The fourth-order valence-electron chi connectivity index (χ4n) is 3.01. The van der Waals surface area contributed by atoms with Gasteiger partial charge < -0.3 is 4.74 Å². The maximum absolute atomic E-state index is 14.2. The van der Waals surface area contributed by atoms with Gasteiger partial charge in [-0.15, -0.1) is 0 Å². The molecular weight excluding hydrogens is 258 g/mol. The first kappa shape index (κ1) is 15.3. The Morgan fingerprint density at radius 1 is 1.10 bits per heavy atom. The van der Waals surface area contributed by atoms with Crippen LogP contribution in [0.15, 0.2) is 30.3 Å². The summed E-state index contributed by atoms with van der Waals surface area (Å²) < 4.78 is 33.2. The van der Waals surface area contributed by atoms with Gasteiger partial charge in [0.15, 0.2) is 0 Å². The first-order chi connectivity index (χ1) is 9.62. The van der Waals surface area contributed by atoms with Crippen LogP contribution in [0.2, 0.25) is 0 Å². The first-order valence-corrected chi connectivity index (χ1v) is 7.73. The van der Waals surface area contributed by atoms with E-state index >= 15 is 0 Å². The minimum Gasteiger partial charge on any atom is -0.432 e. The van der Waals surface area contributed by atoms with Crippen molar-refractivity contribution >= 4 is 0 Å². The number of ether oxygens (including phenoxy) is 1. The van der Waals surface area contributed by atoms with E-state index in [0.29, 0.717) is 18.8 Å². The topological polar surface area (TPSA) is 9.23 Å². The van der Waals surface area contributed by atoms with Crippen molar-refractivity contribution in [3.05, 3.63) is 30.3 Å². The summed E-state index contributed by atoms with van der Waals surface area (Å²) in [5, 5.41) is 0. The third-order valence-electron chi connectivity index (χ3n) is 4.29. The number of alkyl halides is 2. The van der Waals surface area contributed by atoms with E-state index in [0.717, 1.165) is 12.8 Å². The fraction of sp³-hybridized carbons (Fsp3) is 0.647. The Morgan fingerprint density at radius 2 is 1.75 bits per heavy atom. The molecule has 1 aliphatic carbocycles. The van der Waals surface area contributed by atoms with E-state index in [4.69, 9.17) is 4.74 Å². The van der Waals surface area contributed by atoms with Gasteiger partial charge in [0.25, 0.3) is 0 Å². The van der Waals surface area contributed by atoms with Gasteiger partial charge >= 0.3 is 6.11 Å². The number of hydrogen-bond donors (Lipinski definition) is 0. The SMILES string of the molecule is CCCCC1CCC(C(F)(F)Oc2ccccc2)CC1. The highest BCUT2D eigenvalue weighted by atomic mass is 19.3. The molecule has 1 aliphatic rings. The zero-order valence-electron chi connectivity index (χ0n) is 12.2. The van der Waals surface area contributed by atoms with Crippen LogP contribution in [0.3, 0.4) is 0 Å². The van der Waals surface area contributed by atoms with Gasteiger partial charge in [-0.05, 0) is 43.7 Å². The molecule has 0 amide bonds. The Hall–Kier alpha value is -1.12. The Bertz CT molecular complexity index is 383. The van der Waals surface area contributed by atoms with Gasteiger partial charge in [0.1, 0.15) is 5.75 Å². The van der Waals surface area contributed by atoms with E-state index in [1.807, 2.05) is 0 Å². The molecule has 1 nitrogen and oxygen atoms in total. The molecule has 20 heavy (non-hydrogen) atoms. The van der Waals surface area contributed by atoms with Crippen LogP contribution < -0.4 is 4.74 Å². The Labute approximate surface area is 120 Å². The summed E-state index contributed by atoms with van der Waals surface area (Å²) in [5.41, 5.74) is 0. The average molecular weight is 282 g/mol. The van der Waals surface area contributed by atoms with E-state index in [-0.39, 0.29) is 5.75 Å². The summed E-state index contributed by atoms with van der Waals surface area (Å²) >= 11 is 0. The van der Waals surface area contributed by atoms with Crippen molar-refractivity contribution in [3.63, 3.8) is 0 Å². The average Bonchev–Trinajstić information content (AvgIpc) is 2.46. The van der Waals surface area contributed by atoms with E-state index in [1.54, 1.807) is 30.3 Å². The first-order valence-electron chi connectivity index (χ1n) is 7.73.